The van der Waals surface area contributed by atoms with Crippen LogP contribution in [0.2, 0.25) is 0 Å². The summed E-state index contributed by atoms with van der Waals surface area (Å²) < 4.78 is 2.08. The molecular formula is C25H24N4S. The van der Waals surface area contributed by atoms with Gasteiger partial charge in [-0.2, -0.15) is 0 Å². The molecule has 1 aliphatic rings. The summed E-state index contributed by atoms with van der Waals surface area (Å²) in [6.07, 6.45) is 11.3. The van der Waals surface area contributed by atoms with E-state index >= 15 is 0 Å². The molecule has 4 nitrogen and oxygen atoms in total. The number of rotatable bonds is 4. The number of thioether (sulfide) groups is 1. The predicted octanol–water partition coefficient (Wildman–Crippen LogP) is 5.80. The largest absolute Gasteiger partial charge is 0.332 e. The van der Waals surface area contributed by atoms with Crippen LogP contribution >= 0.6 is 11.8 Å². The second-order valence-corrected chi connectivity index (χ2v) is 8.11. The molecule has 0 saturated heterocycles. The number of imidazole rings is 1. The Hall–Kier alpha value is -3.18. The monoisotopic (exact) mass is 412 g/mol. The summed E-state index contributed by atoms with van der Waals surface area (Å²) in [6.45, 7) is 3.10. The number of allylic oxidation sites excluding steroid dienone is 1. The zero-order chi connectivity index (χ0) is 20.6. The minimum absolute atomic E-state index is 0.680. The van der Waals surface area contributed by atoms with Crippen molar-refractivity contribution in [1.82, 2.24) is 19.5 Å². The van der Waals surface area contributed by atoms with E-state index in [9.17, 15) is 0 Å². The van der Waals surface area contributed by atoms with Gasteiger partial charge in [-0.15, -0.1) is 11.8 Å². The number of hydrogen-bond donors (Lipinski definition) is 0. The molecule has 3 aromatic heterocycles. The van der Waals surface area contributed by atoms with E-state index in [1.165, 1.54) is 22.5 Å². The number of pyridine rings is 2. The lowest BCUT2D eigenvalue weighted by Crippen LogP contribution is -1.95. The third-order valence-electron chi connectivity index (χ3n) is 4.88. The number of aromatic nitrogens is 4. The van der Waals surface area contributed by atoms with Gasteiger partial charge in [-0.25, -0.2) is 4.98 Å². The highest BCUT2D eigenvalue weighted by Gasteiger charge is 2.15. The van der Waals surface area contributed by atoms with Crippen LogP contribution in [0, 0.1) is 5.92 Å². The highest BCUT2D eigenvalue weighted by atomic mass is 32.2. The van der Waals surface area contributed by atoms with Crippen LogP contribution in [0.15, 0.2) is 97.3 Å². The molecule has 0 aliphatic carbocycles. The Kier molecular flexibility index (Phi) is 6.72. The SMILES string of the molecule is CC1CSC=C1c1cccnc1.c1ccc(Cn2cnc(-c3cccnc3)c2)cc1. The summed E-state index contributed by atoms with van der Waals surface area (Å²) in [5.41, 5.74) is 5.99. The zero-order valence-corrected chi connectivity index (χ0v) is 17.7. The molecule has 150 valence electrons. The van der Waals surface area contributed by atoms with Gasteiger partial charge in [0, 0.05) is 48.8 Å². The fourth-order valence-corrected chi connectivity index (χ4v) is 4.39. The van der Waals surface area contributed by atoms with Crippen molar-refractivity contribution in [3.05, 3.63) is 108 Å². The maximum Gasteiger partial charge on any atom is 0.0956 e. The average Bonchev–Trinajstić information content (AvgIpc) is 3.45. The molecule has 1 aliphatic heterocycles. The lowest BCUT2D eigenvalue weighted by atomic mass is 9.99. The summed E-state index contributed by atoms with van der Waals surface area (Å²) in [5, 5.41) is 2.25. The van der Waals surface area contributed by atoms with Gasteiger partial charge >= 0.3 is 0 Å². The van der Waals surface area contributed by atoms with Crippen molar-refractivity contribution < 1.29 is 0 Å². The van der Waals surface area contributed by atoms with Crippen molar-refractivity contribution in [1.29, 1.82) is 0 Å². The highest BCUT2D eigenvalue weighted by Crippen LogP contribution is 2.34. The molecule has 5 rings (SSSR count). The number of benzene rings is 1. The highest BCUT2D eigenvalue weighted by molar-refractivity contribution is 8.02. The van der Waals surface area contributed by atoms with Gasteiger partial charge in [-0.3, -0.25) is 9.97 Å². The first-order chi connectivity index (χ1) is 14.8. The lowest BCUT2D eigenvalue weighted by Gasteiger charge is -2.06. The lowest BCUT2D eigenvalue weighted by molar-refractivity contribution is 0.797. The predicted molar refractivity (Wildman–Crippen MR) is 125 cm³/mol. The van der Waals surface area contributed by atoms with Crippen LogP contribution in [-0.2, 0) is 6.54 Å². The summed E-state index contributed by atoms with van der Waals surface area (Å²) in [7, 11) is 0. The van der Waals surface area contributed by atoms with E-state index in [4.69, 9.17) is 0 Å². The molecule has 0 fully saturated rings. The van der Waals surface area contributed by atoms with Gasteiger partial charge in [-0.1, -0.05) is 43.3 Å². The normalized spacial score (nSPS) is 15.2. The van der Waals surface area contributed by atoms with Crippen LogP contribution in [-0.4, -0.2) is 25.3 Å². The van der Waals surface area contributed by atoms with E-state index in [2.05, 4.69) is 50.0 Å². The first-order valence-corrected chi connectivity index (χ1v) is 11.0. The summed E-state index contributed by atoms with van der Waals surface area (Å²) in [4.78, 5) is 12.6. The van der Waals surface area contributed by atoms with E-state index < -0.39 is 0 Å². The van der Waals surface area contributed by atoms with Crippen LogP contribution in [0.25, 0.3) is 16.8 Å². The van der Waals surface area contributed by atoms with Crippen molar-refractivity contribution >= 4 is 17.3 Å². The number of hydrogen-bond acceptors (Lipinski definition) is 4. The number of nitrogens with zero attached hydrogens (tertiary/aromatic N) is 4. The average molecular weight is 413 g/mol. The molecule has 1 atom stereocenters. The Labute approximate surface area is 181 Å². The molecule has 4 aromatic rings. The van der Waals surface area contributed by atoms with Gasteiger partial charge in [0.2, 0.25) is 0 Å². The van der Waals surface area contributed by atoms with E-state index in [0.717, 1.165) is 17.8 Å². The van der Waals surface area contributed by atoms with Crippen LogP contribution in [0.3, 0.4) is 0 Å². The van der Waals surface area contributed by atoms with E-state index in [0.29, 0.717) is 5.92 Å². The smallest absolute Gasteiger partial charge is 0.0956 e. The van der Waals surface area contributed by atoms with Crippen molar-refractivity contribution in [2.75, 3.05) is 5.75 Å². The molecule has 4 heterocycles. The Morgan fingerprint density at radius 3 is 2.30 bits per heavy atom. The molecular weight excluding hydrogens is 388 g/mol. The molecule has 0 radical (unpaired) electrons. The van der Waals surface area contributed by atoms with Gasteiger partial charge < -0.3 is 4.57 Å². The molecule has 30 heavy (non-hydrogen) atoms. The second kappa shape index (κ2) is 10.0. The first-order valence-electron chi connectivity index (χ1n) is 9.98. The summed E-state index contributed by atoms with van der Waals surface area (Å²) in [5.74, 6) is 1.89. The maximum absolute atomic E-state index is 4.41. The van der Waals surface area contributed by atoms with Gasteiger partial charge in [0.1, 0.15) is 0 Å². The zero-order valence-electron chi connectivity index (χ0n) is 16.9. The molecule has 0 bridgehead atoms. The molecule has 5 heteroatoms. The van der Waals surface area contributed by atoms with E-state index in [1.807, 2.05) is 79.3 Å². The van der Waals surface area contributed by atoms with Gasteiger partial charge in [-0.05, 0) is 46.2 Å². The summed E-state index contributed by atoms with van der Waals surface area (Å²) in [6, 6.07) is 18.4. The quantitative estimate of drug-likeness (QED) is 0.425. The van der Waals surface area contributed by atoms with Crippen LogP contribution in [0.4, 0.5) is 0 Å². The Morgan fingerprint density at radius 1 is 0.933 bits per heavy atom. The molecule has 0 spiro atoms. The van der Waals surface area contributed by atoms with Crippen molar-refractivity contribution in [3.8, 4) is 11.3 Å². The van der Waals surface area contributed by atoms with E-state index in [-0.39, 0.29) is 0 Å². The standard InChI is InChI=1S/C15H13N3.C10H11NS/c1-2-5-13(6-3-1)10-18-11-15(17-12-18)14-7-4-8-16-9-14;1-8-6-12-7-10(8)9-3-2-4-11-5-9/h1-9,11-12H,10H2;2-5,7-8H,6H2,1H3. The Balaban J connectivity index is 0.000000158. The molecule has 0 N–H and O–H groups in total. The Morgan fingerprint density at radius 2 is 1.67 bits per heavy atom. The molecule has 0 saturated carbocycles. The van der Waals surface area contributed by atoms with Crippen molar-refractivity contribution in [3.63, 3.8) is 0 Å². The van der Waals surface area contributed by atoms with Gasteiger partial charge in [0.05, 0.1) is 12.0 Å². The van der Waals surface area contributed by atoms with Crippen LogP contribution in [0.5, 0.6) is 0 Å². The van der Waals surface area contributed by atoms with Crippen molar-refractivity contribution in [2.45, 2.75) is 13.5 Å². The van der Waals surface area contributed by atoms with Gasteiger partial charge in [0.25, 0.3) is 0 Å². The second-order valence-electron chi connectivity index (χ2n) is 7.21. The van der Waals surface area contributed by atoms with Crippen LogP contribution < -0.4 is 0 Å². The first kappa shape index (κ1) is 20.1. The minimum atomic E-state index is 0.680. The fraction of sp³-hybridized carbons (Fsp3) is 0.160. The van der Waals surface area contributed by atoms with Gasteiger partial charge in [0.15, 0.2) is 0 Å². The van der Waals surface area contributed by atoms with E-state index in [1.54, 1.807) is 6.20 Å². The van der Waals surface area contributed by atoms with Crippen molar-refractivity contribution in [2.24, 2.45) is 5.92 Å². The molecule has 1 aromatic carbocycles. The minimum Gasteiger partial charge on any atom is -0.332 e. The third-order valence-corrected chi connectivity index (χ3v) is 5.99. The fourth-order valence-electron chi connectivity index (χ4n) is 3.28. The summed E-state index contributed by atoms with van der Waals surface area (Å²) >= 11 is 1.90. The Bertz CT molecular complexity index is 1080. The topological polar surface area (TPSA) is 43.6 Å². The molecule has 0 amide bonds. The van der Waals surface area contributed by atoms with Crippen LogP contribution in [0.1, 0.15) is 18.1 Å². The molecule has 1 unspecified atom stereocenters. The maximum atomic E-state index is 4.41. The third kappa shape index (κ3) is 5.24.